The largest absolute Gasteiger partial charge is 0.491 e. The highest BCUT2D eigenvalue weighted by molar-refractivity contribution is 6.32. The van der Waals surface area contributed by atoms with Crippen LogP contribution in [0.3, 0.4) is 0 Å². The number of allylic oxidation sites excluding steroid dienone is 1. The van der Waals surface area contributed by atoms with Crippen LogP contribution in [0, 0.1) is 0 Å². The number of ether oxygens (including phenoxy) is 2. The van der Waals surface area contributed by atoms with Gasteiger partial charge in [-0.05, 0) is 42.3 Å². The first-order chi connectivity index (χ1) is 18.5. The molecule has 2 rings (SSSR count). The van der Waals surface area contributed by atoms with Crippen LogP contribution in [-0.4, -0.2) is 64.8 Å². The molecular formula is C29H47Cl2N3O5. The van der Waals surface area contributed by atoms with Crippen molar-refractivity contribution in [1.82, 2.24) is 5.01 Å². The zero-order chi connectivity index (χ0) is 30.2. The highest BCUT2D eigenvalue weighted by Gasteiger charge is 2.24. The average Bonchev–Trinajstić information content (AvgIpc) is 2.93. The molecule has 10 heteroatoms. The highest BCUT2D eigenvalue weighted by Crippen LogP contribution is 2.36. The molecule has 0 aliphatic rings. The molecule has 2 aromatic rings. The van der Waals surface area contributed by atoms with E-state index in [-0.39, 0.29) is 37.7 Å². The first-order valence-corrected chi connectivity index (χ1v) is 14.1. The summed E-state index contributed by atoms with van der Waals surface area (Å²) in [6.07, 6.45) is -1.64. The van der Waals surface area contributed by atoms with Crippen molar-refractivity contribution in [2.75, 3.05) is 32.2 Å². The molecule has 0 heterocycles. The lowest BCUT2D eigenvalue weighted by atomic mass is 9.78. The van der Waals surface area contributed by atoms with Crippen LogP contribution >= 0.6 is 23.2 Å². The molecule has 0 aliphatic heterocycles. The zero-order valence-electron chi connectivity index (χ0n) is 24.2. The molecule has 2 unspecified atom stereocenters. The second-order valence-electron chi connectivity index (χ2n) is 8.82. The zero-order valence-corrected chi connectivity index (χ0v) is 25.8. The summed E-state index contributed by atoms with van der Waals surface area (Å²) >= 11 is 12.0. The predicted molar refractivity (Wildman–Crippen MR) is 161 cm³/mol. The summed E-state index contributed by atoms with van der Waals surface area (Å²) < 4.78 is 11.2. The molecule has 2 aromatic carbocycles. The van der Waals surface area contributed by atoms with Gasteiger partial charge in [0.1, 0.15) is 36.9 Å². The molecule has 7 N–H and O–H groups in total. The first-order valence-electron chi connectivity index (χ1n) is 13.2. The predicted octanol–water partition coefficient (Wildman–Crippen LogP) is 4.79. The molecule has 8 nitrogen and oxygen atoms in total. The van der Waals surface area contributed by atoms with Gasteiger partial charge in [0, 0.05) is 11.1 Å². The van der Waals surface area contributed by atoms with E-state index >= 15 is 0 Å². The topological polar surface area (TPSA) is 134 Å². The third kappa shape index (κ3) is 11.8. The molecule has 0 saturated carbocycles. The van der Waals surface area contributed by atoms with Gasteiger partial charge in [0.15, 0.2) is 0 Å². The number of aliphatic hydroxyl groups excluding tert-OH is 3. The molecule has 0 spiro atoms. The lowest BCUT2D eigenvalue weighted by Crippen LogP contribution is -2.41. The van der Waals surface area contributed by atoms with Gasteiger partial charge in [-0.3, -0.25) is 0 Å². The van der Waals surface area contributed by atoms with Crippen LogP contribution in [0.15, 0.2) is 53.9 Å². The minimum Gasteiger partial charge on any atom is -0.491 e. The maximum atomic E-state index is 10.2. The van der Waals surface area contributed by atoms with Crippen LogP contribution in [0.5, 0.6) is 11.5 Å². The van der Waals surface area contributed by atoms with Crippen LogP contribution < -0.4 is 21.1 Å². The Labute approximate surface area is 244 Å². The Kier molecular flexibility index (Phi) is 17.9. The van der Waals surface area contributed by atoms with Gasteiger partial charge in [0.05, 0.1) is 29.8 Å². The van der Waals surface area contributed by atoms with Gasteiger partial charge < -0.3 is 35.5 Å². The van der Waals surface area contributed by atoms with Crippen molar-refractivity contribution in [3.05, 3.63) is 70.0 Å². The number of aliphatic hydroxyl groups is 3. The summed E-state index contributed by atoms with van der Waals surface area (Å²) in [7, 11) is 0. The van der Waals surface area contributed by atoms with Gasteiger partial charge in [-0.25, -0.2) is 5.84 Å². The fourth-order valence-electron chi connectivity index (χ4n) is 3.40. The lowest BCUT2D eigenvalue weighted by molar-refractivity contribution is 0.0741. The number of halogens is 2. The van der Waals surface area contributed by atoms with E-state index in [1.165, 1.54) is 5.01 Å². The van der Waals surface area contributed by atoms with E-state index in [0.717, 1.165) is 11.1 Å². The number of alkyl halides is 1. The molecule has 0 fully saturated rings. The van der Waals surface area contributed by atoms with E-state index in [1.54, 1.807) is 13.0 Å². The van der Waals surface area contributed by atoms with Gasteiger partial charge in [-0.1, -0.05) is 71.3 Å². The van der Waals surface area contributed by atoms with E-state index in [1.807, 2.05) is 64.1 Å². The second-order valence-corrected chi connectivity index (χ2v) is 9.53. The average molecular weight is 589 g/mol. The van der Waals surface area contributed by atoms with E-state index in [0.29, 0.717) is 27.9 Å². The Balaban J connectivity index is 0.00000344. The number of benzene rings is 2. The summed E-state index contributed by atoms with van der Waals surface area (Å²) in [5.74, 6) is 7.03. The third-order valence-corrected chi connectivity index (χ3v) is 6.29. The SMILES string of the molecule is C/C(N)=C(\CO)N(N)CC(O)COc1ccc(C(C)(C)c2ccc(OCC(O)CCl)c(Cl)c2)cc1.CC.CC. The Morgan fingerprint density at radius 1 is 0.949 bits per heavy atom. The monoisotopic (exact) mass is 587 g/mol. The van der Waals surface area contributed by atoms with Crippen molar-refractivity contribution < 1.29 is 24.8 Å². The van der Waals surface area contributed by atoms with E-state index in [4.69, 9.17) is 44.3 Å². The maximum Gasteiger partial charge on any atom is 0.138 e. The molecule has 0 radical (unpaired) electrons. The molecule has 39 heavy (non-hydrogen) atoms. The summed E-state index contributed by atoms with van der Waals surface area (Å²) in [5, 5.41) is 30.8. The molecule has 222 valence electrons. The van der Waals surface area contributed by atoms with Crippen LogP contribution in [-0.2, 0) is 5.41 Å². The van der Waals surface area contributed by atoms with Gasteiger partial charge in [-0.2, -0.15) is 0 Å². The number of nitrogens with zero attached hydrogens (tertiary/aromatic N) is 1. The number of nitrogens with two attached hydrogens (primary N) is 2. The summed E-state index contributed by atoms with van der Waals surface area (Å²) in [6, 6.07) is 13.1. The number of rotatable bonds is 13. The van der Waals surface area contributed by atoms with Gasteiger partial charge in [0.2, 0.25) is 0 Å². The van der Waals surface area contributed by atoms with Crippen molar-refractivity contribution in [2.45, 2.75) is 66.1 Å². The van der Waals surface area contributed by atoms with E-state index < -0.39 is 12.2 Å². The summed E-state index contributed by atoms with van der Waals surface area (Å²) in [6.45, 7) is 13.6. The van der Waals surface area contributed by atoms with Crippen LogP contribution in [0.2, 0.25) is 5.02 Å². The van der Waals surface area contributed by atoms with Crippen molar-refractivity contribution in [1.29, 1.82) is 0 Å². The van der Waals surface area contributed by atoms with Crippen LogP contribution in [0.4, 0.5) is 0 Å². The molecule has 0 saturated heterocycles. The first kappa shape index (κ1) is 36.8. The minimum atomic E-state index is -0.884. The third-order valence-electron chi connectivity index (χ3n) is 5.64. The summed E-state index contributed by atoms with van der Waals surface area (Å²) in [5.41, 5.74) is 8.09. The van der Waals surface area contributed by atoms with Gasteiger partial charge >= 0.3 is 0 Å². The lowest BCUT2D eigenvalue weighted by Gasteiger charge is -2.27. The van der Waals surface area contributed by atoms with Crippen molar-refractivity contribution >= 4 is 23.2 Å². The Hall–Kier alpha value is -2.20. The fraction of sp³-hybridized carbons (Fsp3) is 0.517. The van der Waals surface area contributed by atoms with Crippen LogP contribution in [0.25, 0.3) is 0 Å². The summed E-state index contributed by atoms with van der Waals surface area (Å²) in [4.78, 5) is 0. The standard InChI is InChI=1S/C25H35Cl2N3O5.2C2H6/c1-16(28)23(13-31)30(29)12-20(33)15-34-21-7-4-17(5-8-21)25(2,3)18-6-9-24(22(27)10-18)35-14-19(32)11-26;2*1-2/h4-10,19-20,31-33H,11-15,28-29H2,1-3H3;2*1-2H3/b23-16-;;. The Morgan fingerprint density at radius 3 is 1.97 bits per heavy atom. The number of hydrogen-bond donors (Lipinski definition) is 5. The quantitative estimate of drug-likeness (QED) is 0.128. The molecule has 2 atom stereocenters. The van der Waals surface area contributed by atoms with Crippen LogP contribution in [0.1, 0.15) is 59.6 Å². The Bertz CT molecular complexity index is 983. The van der Waals surface area contributed by atoms with E-state index in [2.05, 4.69) is 13.8 Å². The number of hydrogen-bond acceptors (Lipinski definition) is 8. The smallest absolute Gasteiger partial charge is 0.138 e. The highest BCUT2D eigenvalue weighted by atomic mass is 35.5. The second kappa shape index (κ2) is 19.0. The molecule has 0 aliphatic carbocycles. The number of hydrazine groups is 1. The Morgan fingerprint density at radius 2 is 1.49 bits per heavy atom. The molecule has 0 aromatic heterocycles. The van der Waals surface area contributed by atoms with Crippen molar-refractivity contribution in [3.63, 3.8) is 0 Å². The fourth-order valence-corrected chi connectivity index (χ4v) is 3.72. The van der Waals surface area contributed by atoms with Gasteiger partial charge in [0.25, 0.3) is 0 Å². The molecule has 0 bridgehead atoms. The molecule has 0 amide bonds. The minimum absolute atomic E-state index is 0.0221. The van der Waals surface area contributed by atoms with E-state index in [9.17, 15) is 15.3 Å². The molecular weight excluding hydrogens is 541 g/mol. The van der Waals surface area contributed by atoms with Gasteiger partial charge in [-0.15, -0.1) is 11.6 Å². The maximum absolute atomic E-state index is 10.2. The van der Waals surface area contributed by atoms with Crippen molar-refractivity contribution in [3.8, 4) is 11.5 Å². The normalized spacial score (nSPS) is 13.1. The van der Waals surface area contributed by atoms with Crippen molar-refractivity contribution in [2.24, 2.45) is 11.6 Å².